The molecule has 2 amide bonds. The molecule has 0 bridgehead atoms. The Morgan fingerprint density at radius 3 is 2.52 bits per heavy atom. The lowest BCUT2D eigenvalue weighted by Gasteiger charge is -2.13. The first kappa shape index (κ1) is 18.0. The summed E-state index contributed by atoms with van der Waals surface area (Å²) in [6.45, 7) is 1.80. The Bertz CT molecular complexity index is 818. The average Bonchev–Trinajstić information content (AvgIpc) is 2.57. The molecule has 130 valence electrons. The number of benzene rings is 2. The predicted octanol–water partition coefficient (Wildman–Crippen LogP) is 1.07. The van der Waals surface area contributed by atoms with Crippen molar-refractivity contribution in [3.8, 4) is 5.75 Å². The van der Waals surface area contributed by atoms with Crippen LogP contribution in [0.25, 0.3) is 0 Å². The molecule has 0 atom stereocenters. The number of amides is 2. The Balaban J connectivity index is 2.15. The van der Waals surface area contributed by atoms with E-state index in [-0.39, 0.29) is 24.9 Å². The van der Waals surface area contributed by atoms with Crippen molar-refractivity contribution in [2.45, 2.75) is 13.5 Å². The van der Waals surface area contributed by atoms with E-state index in [0.717, 1.165) is 5.56 Å². The summed E-state index contributed by atoms with van der Waals surface area (Å²) in [5, 5.41) is 10.3. The van der Waals surface area contributed by atoms with Crippen LogP contribution in [0.1, 0.15) is 27.0 Å². The summed E-state index contributed by atoms with van der Waals surface area (Å²) in [6.07, 6.45) is 0. The summed E-state index contributed by atoms with van der Waals surface area (Å²) < 4.78 is 5.37. The van der Waals surface area contributed by atoms with E-state index in [2.05, 4.69) is 5.32 Å². The number of aryl methyl sites for hydroxylation is 1. The fourth-order valence-electron chi connectivity index (χ4n) is 2.22. The van der Waals surface area contributed by atoms with Crippen LogP contribution in [-0.4, -0.2) is 24.3 Å². The van der Waals surface area contributed by atoms with Crippen molar-refractivity contribution in [3.05, 3.63) is 64.7 Å². The topological polar surface area (TPSA) is 131 Å². The smallest absolute Gasteiger partial charge is 0.255 e. The van der Waals surface area contributed by atoms with Crippen LogP contribution < -0.4 is 21.5 Å². The highest BCUT2D eigenvalue weighted by atomic mass is 16.5. The summed E-state index contributed by atoms with van der Waals surface area (Å²) in [5.74, 6) is -0.626. The fraction of sp³-hybridized carbons (Fsp3) is 0.167. The standard InChI is InChI=1S/C18H20N4O3/c1-11-3-2-4-13(7-11)18(24)22-9-14-6-5-12(17(20)21)8-15(14)25-10-16(19)23/h2-8H,9-10H2,1H3,(H2,19,23)(H3,20,21)(H,22,24). The molecule has 0 radical (unpaired) electrons. The monoisotopic (exact) mass is 340 g/mol. The number of nitrogen functional groups attached to an aromatic ring is 1. The van der Waals surface area contributed by atoms with Gasteiger partial charge in [-0.25, -0.2) is 0 Å². The molecule has 0 fully saturated rings. The number of ether oxygens (including phenoxy) is 1. The van der Waals surface area contributed by atoms with Crippen molar-refractivity contribution in [1.29, 1.82) is 5.41 Å². The number of nitrogens with two attached hydrogens (primary N) is 2. The molecule has 0 saturated carbocycles. The van der Waals surface area contributed by atoms with Gasteiger partial charge in [0.1, 0.15) is 11.6 Å². The van der Waals surface area contributed by atoms with E-state index in [1.807, 2.05) is 19.1 Å². The zero-order chi connectivity index (χ0) is 18.4. The summed E-state index contributed by atoms with van der Waals surface area (Å²) in [6, 6.07) is 12.1. The highest BCUT2D eigenvalue weighted by molar-refractivity contribution is 5.96. The van der Waals surface area contributed by atoms with E-state index in [4.69, 9.17) is 21.6 Å². The molecular formula is C18H20N4O3. The molecular weight excluding hydrogens is 320 g/mol. The van der Waals surface area contributed by atoms with Gasteiger partial charge in [-0.2, -0.15) is 0 Å². The van der Waals surface area contributed by atoms with Gasteiger partial charge in [-0.1, -0.05) is 29.8 Å². The number of primary amides is 1. The Labute approximate surface area is 145 Å². The second-order valence-corrected chi connectivity index (χ2v) is 5.54. The predicted molar refractivity (Wildman–Crippen MR) is 94.5 cm³/mol. The summed E-state index contributed by atoms with van der Waals surface area (Å²) in [5.41, 5.74) is 13.2. The zero-order valence-electron chi connectivity index (χ0n) is 13.8. The van der Waals surface area contributed by atoms with Gasteiger partial charge in [-0.05, 0) is 25.1 Å². The fourth-order valence-corrected chi connectivity index (χ4v) is 2.22. The molecule has 0 unspecified atom stereocenters. The molecule has 2 aromatic carbocycles. The van der Waals surface area contributed by atoms with Gasteiger partial charge in [0, 0.05) is 23.2 Å². The third-order valence-corrected chi connectivity index (χ3v) is 3.47. The van der Waals surface area contributed by atoms with Crippen LogP contribution in [0.2, 0.25) is 0 Å². The van der Waals surface area contributed by atoms with E-state index in [1.54, 1.807) is 30.3 Å². The Hall–Kier alpha value is -3.35. The first-order chi connectivity index (χ1) is 11.9. The molecule has 0 aliphatic rings. The number of rotatable bonds is 7. The Morgan fingerprint density at radius 2 is 1.88 bits per heavy atom. The molecule has 7 nitrogen and oxygen atoms in total. The zero-order valence-corrected chi connectivity index (χ0v) is 13.8. The molecule has 2 aromatic rings. The van der Waals surface area contributed by atoms with Gasteiger partial charge in [0.2, 0.25) is 0 Å². The first-order valence-electron chi connectivity index (χ1n) is 7.60. The molecule has 0 heterocycles. The number of carbonyl (C=O) groups is 2. The number of nitrogens with one attached hydrogen (secondary N) is 2. The molecule has 6 N–H and O–H groups in total. The van der Waals surface area contributed by atoms with Crippen LogP contribution in [0.3, 0.4) is 0 Å². The van der Waals surface area contributed by atoms with Gasteiger partial charge in [-0.3, -0.25) is 15.0 Å². The highest BCUT2D eigenvalue weighted by Gasteiger charge is 2.11. The second-order valence-electron chi connectivity index (χ2n) is 5.54. The SMILES string of the molecule is Cc1cccc(C(=O)NCc2ccc(C(=N)N)cc2OCC(N)=O)c1. The summed E-state index contributed by atoms with van der Waals surface area (Å²) >= 11 is 0. The van der Waals surface area contributed by atoms with E-state index in [9.17, 15) is 9.59 Å². The lowest BCUT2D eigenvalue weighted by molar-refractivity contribution is -0.119. The highest BCUT2D eigenvalue weighted by Crippen LogP contribution is 2.21. The largest absolute Gasteiger partial charge is 0.483 e. The van der Waals surface area contributed by atoms with Crippen molar-refractivity contribution in [3.63, 3.8) is 0 Å². The van der Waals surface area contributed by atoms with Gasteiger partial charge in [0.15, 0.2) is 6.61 Å². The van der Waals surface area contributed by atoms with Crippen molar-refractivity contribution in [2.75, 3.05) is 6.61 Å². The van der Waals surface area contributed by atoms with Crippen LogP contribution in [0.4, 0.5) is 0 Å². The van der Waals surface area contributed by atoms with E-state index in [1.165, 1.54) is 0 Å². The lowest BCUT2D eigenvalue weighted by atomic mass is 10.1. The number of amidine groups is 1. The van der Waals surface area contributed by atoms with Crippen molar-refractivity contribution >= 4 is 17.6 Å². The maximum atomic E-state index is 12.2. The summed E-state index contributed by atoms with van der Waals surface area (Å²) in [4.78, 5) is 23.2. The maximum absolute atomic E-state index is 12.2. The van der Waals surface area contributed by atoms with E-state index in [0.29, 0.717) is 22.4 Å². The van der Waals surface area contributed by atoms with Crippen molar-refractivity contribution < 1.29 is 14.3 Å². The third-order valence-electron chi connectivity index (χ3n) is 3.47. The minimum absolute atomic E-state index is 0.126. The average molecular weight is 340 g/mol. The molecule has 0 aliphatic heterocycles. The molecule has 2 rings (SSSR count). The van der Waals surface area contributed by atoms with Gasteiger partial charge < -0.3 is 21.5 Å². The maximum Gasteiger partial charge on any atom is 0.255 e. The van der Waals surface area contributed by atoms with Gasteiger partial charge >= 0.3 is 0 Å². The van der Waals surface area contributed by atoms with Crippen LogP contribution >= 0.6 is 0 Å². The van der Waals surface area contributed by atoms with Crippen molar-refractivity contribution in [2.24, 2.45) is 11.5 Å². The third kappa shape index (κ3) is 5.07. The van der Waals surface area contributed by atoms with Crippen LogP contribution in [0.5, 0.6) is 5.75 Å². The first-order valence-corrected chi connectivity index (χ1v) is 7.60. The number of hydrogen-bond donors (Lipinski definition) is 4. The molecule has 7 heteroatoms. The van der Waals surface area contributed by atoms with Crippen LogP contribution in [-0.2, 0) is 11.3 Å². The molecule has 25 heavy (non-hydrogen) atoms. The Kier molecular flexibility index (Phi) is 5.73. The van der Waals surface area contributed by atoms with E-state index >= 15 is 0 Å². The minimum Gasteiger partial charge on any atom is -0.483 e. The normalized spacial score (nSPS) is 10.1. The molecule has 0 aliphatic carbocycles. The second kappa shape index (κ2) is 7.96. The number of carbonyl (C=O) groups excluding carboxylic acids is 2. The Morgan fingerprint density at radius 1 is 1.12 bits per heavy atom. The molecule has 0 aromatic heterocycles. The molecule has 0 spiro atoms. The lowest BCUT2D eigenvalue weighted by Crippen LogP contribution is -2.24. The van der Waals surface area contributed by atoms with Gasteiger partial charge in [0.25, 0.3) is 11.8 Å². The quantitative estimate of drug-likeness (QED) is 0.443. The van der Waals surface area contributed by atoms with Gasteiger partial charge in [-0.15, -0.1) is 0 Å². The number of hydrogen-bond acceptors (Lipinski definition) is 4. The van der Waals surface area contributed by atoms with Crippen molar-refractivity contribution in [1.82, 2.24) is 5.32 Å². The van der Waals surface area contributed by atoms with Gasteiger partial charge in [0.05, 0.1) is 0 Å². The minimum atomic E-state index is -0.622. The summed E-state index contributed by atoms with van der Waals surface area (Å²) in [7, 11) is 0. The van der Waals surface area contributed by atoms with E-state index < -0.39 is 5.91 Å². The van der Waals surface area contributed by atoms with Crippen LogP contribution in [0, 0.1) is 12.3 Å². The molecule has 0 saturated heterocycles. The van der Waals surface area contributed by atoms with Crippen LogP contribution in [0.15, 0.2) is 42.5 Å².